The maximum atomic E-state index is 13.3. The highest BCUT2D eigenvalue weighted by Gasteiger charge is 2.38. The van der Waals surface area contributed by atoms with Crippen LogP contribution in [-0.2, 0) is 11.8 Å². The molecule has 0 saturated heterocycles. The molecule has 1 aliphatic carbocycles. The Hall–Kier alpha value is -2.16. The maximum absolute atomic E-state index is 13.3. The van der Waals surface area contributed by atoms with Gasteiger partial charge in [0.15, 0.2) is 5.96 Å². The molecule has 3 N–H and O–H groups in total. The zero-order valence-corrected chi connectivity index (χ0v) is 20.5. The lowest BCUT2D eigenvalue weighted by Gasteiger charge is -2.41. The number of hydrogen-bond donors (Lipinski definition) is 3. The van der Waals surface area contributed by atoms with Crippen molar-refractivity contribution in [3.63, 3.8) is 0 Å². The molecule has 7 heteroatoms. The van der Waals surface area contributed by atoms with Crippen LogP contribution in [0.25, 0.3) is 0 Å². The van der Waals surface area contributed by atoms with Gasteiger partial charge in [-0.15, -0.1) is 24.0 Å². The van der Waals surface area contributed by atoms with E-state index in [4.69, 9.17) is 4.99 Å². The number of amides is 1. The summed E-state index contributed by atoms with van der Waals surface area (Å²) in [4.78, 5) is 16.6. The molecule has 0 radical (unpaired) electrons. The van der Waals surface area contributed by atoms with Gasteiger partial charge in [0, 0.05) is 31.1 Å². The number of hydrogen-bond acceptors (Lipinski definition) is 2. The number of nitrogens with one attached hydrogen (secondary N) is 3. The number of benzene rings is 2. The van der Waals surface area contributed by atoms with Gasteiger partial charge in [-0.2, -0.15) is 0 Å². The van der Waals surface area contributed by atoms with Crippen molar-refractivity contribution < 1.29 is 9.18 Å². The molecule has 1 aliphatic rings. The molecule has 1 saturated carbocycles. The van der Waals surface area contributed by atoms with E-state index >= 15 is 0 Å². The predicted octanol–water partition coefficient (Wildman–Crippen LogP) is 4.02. The van der Waals surface area contributed by atoms with Gasteiger partial charge in [-0.05, 0) is 61.6 Å². The standard InChI is InChI=1S/C24H31FN4O.HI/c1-3-27-23(28-15-12-18-6-4-7-19(16-18)22(30)26-2)29-17-24(13-5-14-24)20-8-10-21(25)11-9-20;/h4,6-11,16H,3,5,12-15,17H2,1-2H3,(H,26,30)(H2,27,28,29);1H. The van der Waals surface area contributed by atoms with Gasteiger partial charge >= 0.3 is 0 Å². The molecule has 0 heterocycles. The molecule has 5 nitrogen and oxygen atoms in total. The molecule has 0 aromatic heterocycles. The highest BCUT2D eigenvalue weighted by Crippen LogP contribution is 2.44. The van der Waals surface area contributed by atoms with Gasteiger partial charge in [-0.1, -0.05) is 30.7 Å². The molecule has 0 atom stereocenters. The molecule has 0 aliphatic heterocycles. The Morgan fingerprint density at radius 1 is 1.13 bits per heavy atom. The number of aliphatic imine (C=N–C) groups is 1. The highest BCUT2D eigenvalue weighted by atomic mass is 127. The van der Waals surface area contributed by atoms with E-state index in [0.717, 1.165) is 37.3 Å². The van der Waals surface area contributed by atoms with E-state index in [1.165, 1.54) is 24.1 Å². The van der Waals surface area contributed by atoms with Crippen LogP contribution in [0.1, 0.15) is 47.7 Å². The monoisotopic (exact) mass is 538 g/mol. The highest BCUT2D eigenvalue weighted by molar-refractivity contribution is 14.0. The van der Waals surface area contributed by atoms with Crippen LogP contribution < -0.4 is 16.0 Å². The topological polar surface area (TPSA) is 65.5 Å². The summed E-state index contributed by atoms with van der Waals surface area (Å²) in [5.41, 5.74) is 2.95. The van der Waals surface area contributed by atoms with E-state index < -0.39 is 0 Å². The fourth-order valence-corrected chi connectivity index (χ4v) is 3.85. The van der Waals surface area contributed by atoms with Gasteiger partial charge in [0.2, 0.25) is 0 Å². The summed E-state index contributed by atoms with van der Waals surface area (Å²) in [5.74, 6) is 0.506. The van der Waals surface area contributed by atoms with Crippen molar-refractivity contribution in [2.75, 3.05) is 26.7 Å². The van der Waals surface area contributed by atoms with Gasteiger partial charge in [0.05, 0.1) is 6.54 Å². The third kappa shape index (κ3) is 6.66. The van der Waals surface area contributed by atoms with Gasteiger partial charge < -0.3 is 16.0 Å². The lowest BCUT2D eigenvalue weighted by atomic mass is 9.64. The maximum Gasteiger partial charge on any atom is 0.251 e. The van der Waals surface area contributed by atoms with Crippen LogP contribution in [-0.4, -0.2) is 38.5 Å². The van der Waals surface area contributed by atoms with Crippen LogP contribution in [0.5, 0.6) is 0 Å². The average molecular weight is 538 g/mol. The Balaban J connectivity index is 0.00000341. The molecule has 2 aromatic rings. The molecule has 168 valence electrons. The Morgan fingerprint density at radius 3 is 2.48 bits per heavy atom. The summed E-state index contributed by atoms with van der Waals surface area (Å²) < 4.78 is 13.3. The number of nitrogens with zero attached hydrogens (tertiary/aromatic N) is 1. The lowest BCUT2D eigenvalue weighted by Crippen LogP contribution is -2.42. The molecule has 1 amide bonds. The van der Waals surface area contributed by atoms with E-state index in [0.29, 0.717) is 18.7 Å². The average Bonchev–Trinajstić information content (AvgIpc) is 2.73. The van der Waals surface area contributed by atoms with Crippen molar-refractivity contribution in [3.05, 3.63) is 71.0 Å². The van der Waals surface area contributed by atoms with Crippen molar-refractivity contribution in [2.45, 2.75) is 38.0 Å². The van der Waals surface area contributed by atoms with Crippen LogP contribution >= 0.6 is 24.0 Å². The smallest absolute Gasteiger partial charge is 0.251 e. The van der Waals surface area contributed by atoms with E-state index in [1.807, 2.05) is 43.3 Å². The number of carbonyl (C=O) groups excluding carboxylic acids is 1. The minimum atomic E-state index is -0.202. The first kappa shape index (κ1) is 25.1. The predicted molar refractivity (Wildman–Crippen MR) is 135 cm³/mol. The minimum absolute atomic E-state index is 0. The zero-order valence-electron chi connectivity index (χ0n) is 18.2. The van der Waals surface area contributed by atoms with Crippen molar-refractivity contribution in [1.82, 2.24) is 16.0 Å². The first-order valence-corrected chi connectivity index (χ1v) is 10.7. The zero-order chi connectivity index (χ0) is 21.4. The molecule has 0 spiro atoms. The fraction of sp³-hybridized carbons (Fsp3) is 0.417. The Morgan fingerprint density at radius 2 is 1.87 bits per heavy atom. The third-order valence-electron chi connectivity index (χ3n) is 5.77. The van der Waals surface area contributed by atoms with E-state index in [9.17, 15) is 9.18 Å². The lowest BCUT2D eigenvalue weighted by molar-refractivity contribution is 0.0963. The summed E-state index contributed by atoms with van der Waals surface area (Å²) in [6.07, 6.45) is 4.12. The quantitative estimate of drug-likeness (QED) is 0.270. The van der Waals surface area contributed by atoms with Crippen molar-refractivity contribution in [2.24, 2.45) is 4.99 Å². The molecule has 0 unspecified atom stereocenters. The SMILES string of the molecule is CCNC(=NCC1(c2ccc(F)cc2)CCC1)NCCc1cccc(C(=O)NC)c1.I. The normalized spacial score (nSPS) is 14.7. The Bertz CT molecular complexity index is 881. The van der Waals surface area contributed by atoms with Crippen LogP contribution in [0, 0.1) is 5.82 Å². The van der Waals surface area contributed by atoms with Gasteiger partial charge in [-0.3, -0.25) is 9.79 Å². The summed E-state index contributed by atoms with van der Waals surface area (Å²) in [6, 6.07) is 14.5. The van der Waals surface area contributed by atoms with Gasteiger partial charge in [0.25, 0.3) is 5.91 Å². The van der Waals surface area contributed by atoms with E-state index in [2.05, 4.69) is 16.0 Å². The molecular weight excluding hydrogens is 506 g/mol. The first-order valence-electron chi connectivity index (χ1n) is 10.7. The fourth-order valence-electron chi connectivity index (χ4n) is 3.85. The summed E-state index contributed by atoms with van der Waals surface area (Å²) in [5, 5.41) is 9.35. The second-order valence-corrected chi connectivity index (χ2v) is 7.79. The van der Waals surface area contributed by atoms with Crippen LogP contribution in [0.3, 0.4) is 0 Å². The summed E-state index contributed by atoms with van der Waals surface area (Å²) in [7, 11) is 1.64. The van der Waals surface area contributed by atoms with Crippen molar-refractivity contribution in [1.29, 1.82) is 0 Å². The number of carbonyl (C=O) groups is 1. The first-order chi connectivity index (χ1) is 14.6. The van der Waals surface area contributed by atoms with E-state index in [-0.39, 0.29) is 41.1 Å². The molecular formula is C24H32FIN4O. The molecule has 31 heavy (non-hydrogen) atoms. The summed E-state index contributed by atoms with van der Waals surface area (Å²) in [6.45, 7) is 4.22. The van der Waals surface area contributed by atoms with Crippen LogP contribution in [0.15, 0.2) is 53.5 Å². The van der Waals surface area contributed by atoms with Crippen molar-refractivity contribution in [3.8, 4) is 0 Å². The van der Waals surface area contributed by atoms with Crippen molar-refractivity contribution >= 4 is 35.8 Å². The molecule has 0 bridgehead atoms. The van der Waals surface area contributed by atoms with Gasteiger partial charge in [0.1, 0.15) is 5.82 Å². The third-order valence-corrected chi connectivity index (χ3v) is 5.77. The molecule has 1 fully saturated rings. The number of rotatable bonds is 8. The van der Waals surface area contributed by atoms with Crippen LogP contribution in [0.4, 0.5) is 4.39 Å². The minimum Gasteiger partial charge on any atom is -0.357 e. The molecule has 3 rings (SSSR count). The van der Waals surface area contributed by atoms with E-state index in [1.54, 1.807) is 7.05 Å². The van der Waals surface area contributed by atoms with Gasteiger partial charge in [-0.25, -0.2) is 4.39 Å². The second-order valence-electron chi connectivity index (χ2n) is 7.79. The summed E-state index contributed by atoms with van der Waals surface area (Å²) >= 11 is 0. The Kier molecular flexibility index (Phi) is 9.74. The number of guanidine groups is 1. The second kappa shape index (κ2) is 12.0. The van der Waals surface area contributed by atoms with Crippen LogP contribution in [0.2, 0.25) is 0 Å². The Labute approximate surface area is 201 Å². The largest absolute Gasteiger partial charge is 0.357 e. The number of halogens is 2. The molecule has 2 aromatic carbocycles.